The fourth-order valence-electron chi connectivity index (χ4n) is 2.09. The molecular formula is C12H13F3N2. The first kappa shape index (κ1) is 12.0. The highest BCUT2D eigenvalue weighted by Crippen LogP contribution is 2.37. The fraction of sp³-hybridized carbons (Fsp3) is 0.417. The van der Waals surface area contributed by atoms with E-state index in [1.807, 2.05) is 6.07 Å². The molecule has 2 N–H and O–H groups in total. The molecule has 0 radical (unpaired) electrons. The van der Waals surface area contributed by atoms with Gasteiger partial charge in [0.1, 0.15) is 0 Å². The Morgan fingerprint density at radius 2 is 1.88 bits per heavy atom. The maximum absolute atomic E-state index is 12.8. The van der Waals surface area contributed by atoms with E-state index < -0.39 is 18.1 Å². The Hall–Kier alpha value is -1.52. The van der Waals surface area contributed by atoms with Crippen LogP contribution in [-0.4, -0.2) is 18.1 Å². The van der Waals surface area contributed by atoms with Gasteiger partial charge in [0.2, 0.25) is 0 Å². The lowest BCUT2D eigenvalue weighted by atomic mass is 9.93. The summed E-state index contributed by atoms with van der Waals surface area (Å²) in [6, 6.07) is 8.27. The summed E-state index contributed by atoms with van der Waals surface area (Å²) in [5.74, 6) is -1.34. The molecule has 0 spiro atoms. The molecule has 1 heterocycles. The third kappa shape index (κ3) is 2.78. The molecule has 0 amide bonds. The van der Waals surface area contributed by atoms with Crippen molar-refractivity contribution in [3.8, 4) is 0 Å². The highest BCUT2D eigenvalue weighted by Gasteiger charge is 2.47. The molecule has 0 bridgehead atoms. The zero-order valence-corrected chi connectivity index (χ0v) is 9.11. The van der Waals surface area contributed by atoms with Gasteiger partial charge < -0.3 is 5.73 Å². The van der Waals surface area contributed by atoms with Crippen LogP contribution >= 0.6 is 0 Å². The molecule has 1 aromatic carbocycles. The number of alkyl halides is 3. The molecule has 17 heavy (non-hydrogen) atoms. The predicted octanol–water partition coefficient (Wildman–Crippen LogP) is 2.54. The van der Waals surface area contributed by atoms with Gasteiger partial charge in [-0.3, -0.25) is 4.99 Å². The molecular weight excluding hydrogens is 229 g/mol. The van der Waals surface area contributed by atoms with Gasteiger partial charge in [0, 0.05) is 6.42 Å². The standard InChI is InChI=1S/C12H13F3N2/c13-12(14,15)9-7-11(16)17-10(9)6-8-4-2-1-3-5-8/h1-5,9-10H,6-7H2,(H2,16,17)/t9?,10-/m1/s1. The van der Waals surface area contributed by atoms with E-state index in [0.717, 1.165) is 5.56 Å². The van der Waals surface area contributed by atoms with Crippen LogP contribution in [0.2, 0.25) is 0 Å². The SMILES string of the molecule is NC1=N[C@H](Cc2ccccc2)C(C(F)(F)F)C1. The van der Waals surface area contributed by atoms with E-state index in [-0.39, 0.29) is 18.7 Å². The molecule has 1 aromatic rings. The van der Waals surface area contributed by atoms with Gasteiger partial charge in [-0.15, -0.1) is 0 Å². The quantitative estimate of drug-likeness (QED) is 0.850. The zero-order chi connectivity index (χ0) is 12.5. The molecule has 2 atom stereocenters. The van der Waals surface area contributed by atoms with Gasteiger partial charge in [0.25, 0.3) is 0 Å². The van der Waals surface area contributed by atoms with Crippen LogP contribution in [0.4, 0.5) is 13.2 Å². The van der Waals surface area contributed by atoms with Crippen LogP contribution in [0.5, 0.6) is 0 Å². The fourth-order valence-corrected chi connectivity index (χ4v) is 2.09. The zero-order valence-electron chi connectivity index (χ0n) is 9.11. The van der Waals surface area contributed by atoms with Crippen molar-refractivity contribution in [2.75, 3.05) is 0 Å². The highest BCUT2D eigenvalue weighted by atomic mass is 19.4. The number of hydrogen-bond acceptors (Lipinski definition) is 2. The molecule has 5 heteroatoms. The Balaban J connectivity index is 2.14. The van der Waals surface area contributed by atoms with E-state index in [0.29, 0.717) is 0 Å². The van der Waals surface area contributed by atoms with Crippen molar-refractivity contribution in [2.45, 2.75) is 25.1 Å². The van der Waals surface area contributed by atoms with Crippen LogP contribution in [0.3, 0.4) is 0 Å². The average Bonchev–Trinajstić information content (AvgIpc) is 2.60. The van der Waals surface area contributed by atoms with Crippen LogP contribution in [0.25, 0.3) is 0 Å². The average molecular weight is 242 g/mol. The van der Waals surface area contributed by atoms with Gasteiger partial charge in [-0.1, -0.05) is 30.3 Å². The topological polar surface area (TPSA) is 38.4 Å². The second kappa shape index (κ2) is 4.39. The lowest BCUT2D eigenvalue weighted by Crippen LogP contribution is -2.32. The Bertz CT molecular complexity index is 412. The summed E-state index contributed by atoms with van der Waals surface area (Å²) in [7, 11) is 0. The minimum absolute atomic E-state index is 0.105. The molecule has 0 fully saturated rings. The second-order valence-electron chi connectivity index (χ2n) is 4.23. The molecule has 1 aliphatic rings. The lowest BCUT2D eigenvalue weighted by Gasteiger charge is -2.20. The number of halogens is 3. The van der Waals surface area contributed by atoms with Crippen LogP contribution in [0.15, 0.2) is 35.3 Å². The molecule has 92 valence electrons. The van der Waals surface area contributed by atoms with Gasteiger partial charge in [0.05, 0.1) is 17.8 Å². The number of amidine groups is 1. The van der Waals surface area contributed by atoms with Crippen molar-refractivity contribution in [1.29, 1.82) is 0 Å². The van der Waals surface area contributed by atoms with Crippen molar-refractivity contribution < 1.29 is 13.2 Å². The van der Waals surface area contributed by atoms with E-state index in [1.54, 1.807) is 24.3 Å². The smallest absolute Gasteiger partial charge is 0.387 e. The van der Waals surface area contributed by atoms with Gasteiger partial charge in [-0.05, 0) is 12.0 Å². The third-order valence-corrected chi connectivity index (χ3v) is 2.93. The predicted molar refractivity (Wildman–Crippen MR) is 59.7 cm³/mol. The molecule has 2 nitrogen and oxygen atoms in total. The van der Waals surface area contributed by atoms with Gasteiger partial charge >= 0.3 is 6.18 Å². The molecule has 1 aliphatic heterocycles. The Morgan fingerprint density at radius 1 is 1.24 bits per heavy atom. The summed E-state index contributed by atoms with van der Waals surface area (Å²) in [6.45, 7) is 0. The molecule has 0 saturated heterocycles. The van der Waals surface area contributed by atoms with Gasteiger partial charge in [-0.25, -0.2) is 0 Å². The van der Waals surface area contributed by atoms with Crippen LogP contribution in [0, 0.1) is 5.92 Å². The van der Waals surface area contributed by atoms with E-state index in [2.05, 4.69) is 4.99 Å². The molecule has 2 rings (SSSR count). The first-order valence-electron chi connectivity index (χ1n) is 5.39. The van der Waals surface area contributed by atoms with E-state index >= 15 is 0 Å². The highest BCUT2D eigenvalue weighted by molar-refractivity contribution is 5.82. The minimum Gasteiger partial charge on any atom is -0.387 e. The number of hydrogen-bond donors (Lipinski definition) is 1. The van der Waals surface area contributed by atoms with E-state index in [1.165, 1.54) is 0 Å². The molecule has 0 aromatic heterocycles. The Labute approximate surface area is 97.3 Å². The molecule has 0 saturated carbocycles. The van der Waals surface area contributed by atoms with E-state index in [9.17, 15) is 13.2 Å². The molecule has 1 unspecified atom stereocenters. The number of rotatable bonds is 2. The van der Waals surface area contributed by atoms with Crippen molar-refractivity contribution in [3.05, 3.63) is 35.9 Å². The number of nitrogens with zero attached hydrogens (tertiary/aromatic N) is 1. The van der Waals surface area contributed by atoms with Crippen molar-refractivity contribution in [1.82, 2.24) is 0 Å². The number of aliphatic imine (C=N–C) groups is 1. The van der Waals surface area contributed by atoms with Crippen molar-refractivity contribution >= 4 is 5.84 Å². The maximum atomic E-state index is 12.8. The van der Waals surface area contributed by atoms with Crippen molar-refractivity contribution in [2.24, 2.45) is 16.6 Å². The third-order valence-electron chi connectivity index (χ3n) is 2.93. The monoisotopic (exact) mass is 242 g/mol. The largest absolute Gasteiger partial charge is 0.394 e. The first-order chi connectivity index (χ1) is 7.97. The minimum atomic E-state index is -4.23. The summed E-state index contributed by atoms with van der Waals surface area (Å²) in [6.07, 6.45) is -4.13. The summed E-state index contributed by atoms with van der Waals surface area (Å²) in [5.41, 5.74) is 6.27. The first-order valence-corrected chi connectivity index (χ1v) is 5.39. The summed E-state index contributed by atoms with van der Waals surface area (Å²) >= 11 is 0. The summed E-state index contributed by atoms with van der Waals surface area (Å²) < 4.78 is 38.3. The number of nitrogens with two attached hydrogens (primary N) is 1. The van der Waals surface area contributed by atoms with Gasteiger partial charge in [-0.2, -0.15) is 13.2 Å². The second-order valence-corrected chi connectivity index (χ2v) is 4.23. The van der Waals surface area contributed by atoms with Crippen LogP contribution < -0.4 is 5.73 Å². The van der Waals surface area contributed by atoms with Crippen LogP contribution in [-0.2, 0) is 6.42 Å². The van der Waals surface area contributed by atoms with E-state index in [4.69, 9.17) is 5.73 Å². The Morgan fingerprint density at radius 3 is 2.47 bits per heavy atom. The summed E-state index contributed by atoms with van der Waals surface area (Å²) in [5, 5.41) is 0. The number of benzene rings is 1. The molecule has 0 aliphatic carbocycles. The van der Waals surface area contributed by atoms with Crippen molar-refractivity contribution in [3.63, 3.8) is 0 Å². The van der Waals surface area contributed by atoms with Crippen LogP contribution in [0.1, 0.15) is 12.0 Å². The maximum Gasteiger partial charge on any atom is 0.394 e. The van der Waals surface area contributed by atoms with Gasteiger partial charge in [0.15, 0.2) is 0 Å². The Kier molecular flexibility index (Phi) is 3.09. The summed E-state index contributed by atoms with van der Waals surface area (Å²) in [4.78, 5) is 3.91. The lowest BCUT2D eigenvalue weighted by molar-refractivity contribution is -0.175. The normalized spacial score (nSPS) is 24.8.